The summed E-state index contributed by atoms with van der Waals surface area (Å²) in [4.78, 5) is 12.3. The number of unbranched alkanes of at least 4 members (excludes halogenated alkanes) is 2. The first-order valence-electron chi connectivity index (χ1n) is 8.59. The summed E-state index contributed by atoms with van der Waals surface area (Å²) in [6, 6.07) is 19.6. The lowest BCUT2D eigenvalue weighted by molar-refractivity contribution is -0.159. The van der Waals surface area contributed by atoms with Crippen molar-refractivity contribution < 1.29 is 14.3 Å². The molecule has 0 saturated carbocycles. The number of benzene rings is 2. The minimum absolute atomic E-state index is 0.123. The molecule has 0 aromatic heterocycles. The Kier molecular flexibility index (Phi) is 7.50. The second-order valence-electron chi connectivity index (χ2n) is 5.85. The first kappa shape index (κ1) is 18.2. The van der Waals surface area contributed by atoms with Crippen molar-refractivity contribution >= 4 is 5.97 Å². The monoisotopic (exact) mass is 326 g/mol. The van der Waals surface area contributed by atoms with Gasteiger partial charge in [-0.25, -0.2) is 4.79 Å². The Morgan fingerprint density at radius 2 is 1.50 bits per heavy atom. The Bertz CT molecular complexity index is 595. The van der Waals surface area contributed by atoms with Gasteiger partial charge in [0, 0.05) is 0 Å². The molecule has 0 amide bonds. The van der Waals surface area contributed by atoms with Crippen molar-refractivity contribution in [2.24, 2.45) is 0 Å². The molecular formula is C21H26O3. The minimum atomic E-state index is -0.706. The van der Waals surface area contributed by atoms with Crippen molar-refractivity contribution in [3.8, 4) is 0 Å². The average molecular weight is 326 g/mol. The highest BCUT2D eigenvalue weighted by molar-refractivity contribution is 5.76. The lowest BCUT2D eigenvalue weighted by Gasteiger charge is -2.24. The summed E-state index contributed by atoms with van der Waals surface area (Å²) >= 11 is 0. The molecule has 2 aromatic carbocycles. The highest BCUT2D eigenvalue weighted by atomic mass is 16.6. The zero-order chi connectivity index (χ0) is 17.2. The van der Waals surface area contributed by atoms with Crippen molar-refractivity contribution in [2.45, 2.75) is 44.8 Å². The first-order chi connectivity index (χ1) is 11.8. The molecule has 3 heteroatoms. The van der Waals surface area contributed by atoms with E-state index in [0.717, 1.165) is 36.8 Å². The van der Waals surface area contributed by atoms with Gasteiger partial charge < -0.3 is 9.47 Å². The van der Waals surface area contributed by atoms with Gasteiger partial charge in [0.15, 0.2) is 6.10 Å². The largest absolute Gasteiger partial charge is 0.467 e. The lowest BCUT2D eigenvalue weighted by atomic mass is 10.0. The van der Waals surface area contributed by atoms with Crippen LogP contribution in [0.2, 0.25) is 0 Å². The fraction of sp³-hybridized carbons (Fsp3) is 0.381. The second kappa shape index (κ2) is 9.89. The fourth-order valence-electron chi connectivity index (χ4n) is 2.73. The number of rotatable bonds is 9. The summed E-state index contributed by atoms with van der Waals surface area (Å²) in [6.07, 6.45) is 3.43. The first-order valence-corrected chi connectivity index (χ1v) is 8.59. The van der Waals surface area contributed by atoms with Gasteiger partial charge in [-0.05, 0) is 17.5 Å². The van der Waals surface area contributed by atoms with Crippen LogP contribution < -0.4 is 0 Å². The van der Waals surface area contributed by atoms with Crippen molar-refractivity contribution in [2.75, 3.05) is 7.11 Å². The molecule has 2 rings (SSSR count). The molecule has 0 fully saturated rings. The van der Waals surface area contributed by atoms with Crippen LogP contribution in [0.5, 0.6) is 0 Å². The van der Waals surface area contributed by atoms with E-state index in [1.165, 1.54) is 7.11 Å². The molecule has 2 atom stereocenters. The van der Waals surface area contributed by atoms with E-state index < -0.39 is 6.10 Å². The van der Waals surface area contributed by atoms with Crippen molar-refractivity contribution in [1.29, 1.82) is 0 Å². The Balaban J connectivity index is 2.21. The van der Waals surface area contributed by atoms with Crippen LogP contribution in [0.3, 0.4) is 0 Å². The van der Waals surface area contributed by atoms with Gasteiger partial charge in [0.2, 0.25) is 0 Å². The Morgan fingerprint density at radius 3 is 2.04 bits per heavy atom. The number of carbonyl (C=O) groups excluding carboxylic acids is 1. The predicted octanol–water partition coefficient (Wildman–Crippen LogP) is 5.24. The molecule has 0 spiro atoms. The van der Waals surface area contributed by atoms with E-state index in [0.29, 0.717) is 0 Å². The quantitative estimate of drug-likeness (QED) is 0.467. The number of ether oxygens (including phenoxy) is 2. The average Bonchev–Trinajstić information content (AvgIpc) is 2.65. The predicted molar refractivity (Wildman–Crippen MR) is 95.6 cm³/mol. The van der Waals surface area contributed by atoms with Crippen LogP contribution in [-0.4, -0.2) is 13.1 Å². The summed E-state index contributed by atoms with van der Waals surface area (Å²) in [6.45, 7) is 2.18. The van der Waals surface area contributed by atoms with Crippen LogP contribution in [0.1, 0.15) is 55.9 Å². The molecule has 0 saturated heterocycles. The van der Waals surface area contributed by atoms with E-state index in [1.807, 2.05) is 48.5 Å². The van der Waals surface area contributed by atoms with E-state index in [9.17, 15) is 4.79 Å². The van der Waals surface area contributed by atoms with Gasteiger partial charge in [0.25, 0.3) is 0 Å². The molecule has 3 nitrogen and oxygen atoms in total. The molecule has 0 aliphatic carbocycles. The molecule has 2 aromatic rings. The van der Waals surface area contributed by atoms with Crippen LogP contribution >= 0.6 is 0 Å². The van der Waals surface area contributed by atoms with Crippen molar-refractivity contribution in [3.63, 3.8) is 0 Å². The van der Waals surface area contributed by atoms with E-state index in [1.54, 1.807) is 0 Å². The van der Waals surface area contributed by atoms with Gasteiger partial charge in [-0.3, -0.25) is 0 Å². The molecule has 128 valence electrons. The zero-order valence-corrected chi connectivity index (χ0v) is 14.5. The summed E-state index contributed by atoms with van der Waals surface area (Å²) in [5.74, 6) is -0.363. The van der Waals surface area contributed by atoms with Crippen LogP contribution in [0.15, 0.2) is 60.7 Å². The maximum absolute atomic E-state index is 12.3. The third-order valence-corrected chi connectivity index (χ3v) is 4.06. The summed E-state index contributed by atoms with van der Waals surface area (Å²) < 4.78 is 11.2. The van der Waals surface area contributed by atoms with E-state index in [4.69, 9.17) is 9.47 Å². The summed E-state index contributed by atoms with van der Waals surface area (Å²) in [7, 11) is 1.40. The standard InChI is InChI=1S/C21H26O3/c1-3-4-7-16-19(17-12-8-5-9-13-17)24-20(21(22)23-2)18-14-10-6-11-15-18/h5-6,8-15,19-20H,3-4,7,16H2,1-2H3/t19-,20-/m1/s1. The Labute approximate surface area is 144 Å². The normalized spacial score (nSPS) is 13.2. The molecule has 0 bridgehead atoms. The lowest BCUT2D eigenvalue weighted by Crippen LogP contribution is -2.20. The van der Waals surface area contributed by atoms with Crippen LogP contribution in [0.4, 0.5) is 0 Å². The Hall–Kier alpha value is -2.13. The number of esters is 1. The molecule has 0 heterocycles. The summed E-state index contributed by atoms with van der Waals surface area (Å²) in [5, 5.41) is 0. The third kappa shape index (κ3) is 5.20. The molecule has 0 aliphatic rings. The molecule has 0 radical (unpaired) electrons. The van der Waals surface area contributed by atoms with E-state index >= 15 is 0 Å². The minimum Gasteiger partial charge on any atom is -0.467 e. The van der Waals surface area contributed by atoms with E-state index in [2.05, 4.69) is 19.1 Å². The van der Waals surface area contributed by atoms with Gasteiger partial charge in [-0.1, -0.05) is 86.8 Å². The second-order valence-corrected chi connectivity index (χ2v) is 5.85. The van der Waals surface area contributed by atoms with Gasteiger partial charge in [-0.15, -0.1) is 0 Å². The van der Waals surface area contributed by atoms with Crippen LogP contribution in [0, 0.1) is 0 Å². The number of carbonyl (C=O) groups is 1. The van der Waals surface area contributed by atoms with Gasteiger partial charge in [0.05, 0.1) is 13.2 Å². The topological polar surface area (TPSA) is 35.5 Å². The maximum atomic E-state index is 12.3. The van der Waals surface area contributed by atoms with Crippen LogP contribution in [0.25, 0.3) is 0 Å². The maximum Gasteiger partial charge on any atom is 0.339 e. The summed E-state index contributed by atoms with van der Waals surface area (Å²) in [5.41, 5.74) is 1.92. The number of hydrogen-bond acceptors (Lipinski definition) is 3. The third-order valence-electron chi connectivity index (χ3n) is 4.06. The molecule has 0 N–H and O–H groups in total. The van der Waals surface area contributed by atoms with E-state index in [-0.39, 0.29) is 12.1 Å². The molecule has 0 aliphatic heterocycles. The van der Waals surface area contributed by atoms with Gasteiger partial charge in [-0.2, -0.15) is 0 Å². The smallest absolute Gasteiger partial charge is 0.339 e. The molecular weight excluding hydrogens is 300 g/mol. The highest BCUT2D eigenvalue weighted by Gasteiger charge is 2.26. The number of hydrogen-bond donors (Lipinski definition) is 0. The Morgan fingerprint density at radius 1 is 0.917 bits per heavy atom. The van der Waals surface area contributed by atoms with Gasteiger partial charge in [0.1, 0.15) is 0 Å². The molecule has 24 heavy (non-hydrogen) atoms. The fourth-order valence-corrected chi connectivity index (χ4v) is 2.73. The molecule has 0 unspecified atom stereocenters. The highest BCUT2D eigenvalue weighted by Crippen LogP contribution is 2.31. The van der Waals surface area contributed by atoms with Crippen molar-refractivity contribution in [3.05, 3.63) is 71.8 Å². The van der Waals surface area contributed by atoms with Gasteiger partial charge >= 0.3 is 5.97 Å². The zero-order valence-electron chi connectivity index (χ0n) is 14.5. The SMILES string of the molecule is CCCCC[C@@H](O[C@@H](C(=O)OC)c1ccccc1)c1ccccc1. The number of methoxy groups -OCH3 is 1. The van der Waals surface area contributed by atoms with Crippen LogP contribution in [-0.2, 0) is 14.3 Å². The van der Waals surface area contributed by atoms with Crippen molar-refractivity contribution in [1.82, 2.24) is 0 Å².